The molecule has 0 spiro atoms. The van der Waals surface area contributed by atoms with E-state index in [1.807, 2.05) is 49.8 Å². The first kappa shape index (κ1) is 27.1. The minimum Gasteiger partial charge on any atom is -0.493 e. The van der Waals surface area contributed by atoms with E-state index in [9.17, 15) is 4.79 Å². The summed E-state index contributed by atoms with van der Waals surface area (Å²) in [6, 6.07) is 20.8. The lowest BCUT2D eigenvalue weighted by atomic mass is 9.98. The van der Waals surface area contributed by atoms with Gasteiger partial charge >= 0.3 is 5.97 Å². The highest BCUT2D eigenvalue weighted by atomic mass is 16.5. The van der Waals surface area contributed by atoms with Gasteiger partial charge in [-0.05, 0) is 56.5 Å². The quantitative estimate of drug-likeness (QED) is 0.161. The molecular weight excluding hydrogens is 514 g/mol. The zero-order valence-corrected chi connectivity index (χ0v) is 24.1. The molecule has 3 aromatic carbocycles. The summed E-state index contributed by atoms with van der Waals surface area (Å²) in [7, 11) is 1.97. The van der Waals surface area contributed by atoms with Gasteiger partial charge in [0.05, 0.1) is 36.7 Å². The Hall–Kier alpha value is -4.10. The average Bonchev–Trinajstić information content (AvgIpc) is 3.43. The largest absolute Gasteiger partial charge is 0.493 e. The van der Waals surface area contributed by atoms with Crippen LogP contribution in [0.4, 0.5) is 0 Å². The van der Waals surface area contributed by atoms with Crippen LogP contribution in [0.5, 0.6) is 5.75 Å². The highest BCUT2D eigenvalue weighted by Gasteiger charge is 2.27. The number of para-hydroxylation sites is 1. The Morgan fingerprint density at radius 2 is 1.83 bits per heavy atom. The number of benzene rings is 3. The van der Waals surface area contributed by atoms with Gasteiger partial charge in [-0.15, -0.1) is 0 Å². The van der Waals surface area contributed by atoms with E-state index in [0.717, 1.165) is 74.8 Å². The summed E-state index contributed by atoms with van der Waals surface area (Å²) in [6.45, 7) is 6.67. The SMILES string of the molecule is CCOC(=O)c1c(CCCOc2cccc3ccccc23)c2cccc3c2n1CCCCOCc1c-3c(C)nn1C. The van der Waals surface area contributed by atoms with Crippen molar-refractivity contribution in [3.05, 3.63) is 83.3 Å². The Morgan fingerprint density at radius 3 is 2.71 bits per heavy atom. The van der Waals surface area contributed by atoms with Crippen molar-refractivity contribution in [1.29, 1.82) is 0 Å². The molecule has 41 heavy (non-hydrogen) atoms. The van der Waals surface area contributed by atoms with E-state index in [0.29, 0.717) is 45.1 Å². The summed E-state index contributed by atoms with van der Waals surface area (Å²) in [6.07, 6.45) is 3.28. The predicted octanol–water partition coefficient (Wildman–Crippen LogP) is 7.00. The summed E-state index contributed by atoms with van der Waals surface area (Å²) in [5, 5.41) is 8.10. The molecule has 7 heteroatoms. The number of esters is 1. The van der Waals surface area contributed by atoms with Crippen LogP contribution in [0.2, 0.25) is 0 Å². The van der Waals surface area contributed by atoms with Crippen molar-refractivity contribution in [2.75, 3.05) is 19.8 Å². The van der Waals surface area contributed by atoms with Crippen LogP contribution in [-0.2, 0) is 36.1 Å². The van der Waals surface area contributed by atoms with E-state index in [4.69, 9.17) is 19.3 Å². The first-order chi connectivity index (χ1) is 20.1. The summed E-state index contributed by atoms with van der Waals surface area (Å²) in [5.74, 6) is 0.614. The molecule has 212 valence electrons. The number of carbonyl (C=O) groups excluding carboxylic acids is 1. The lowest BCUT2D eigenvalue weighted by Crippen LogP contribution is -2.15. The summed E-state index contributed by atoms with van der Waals surface area (Å²) < 4.78 is 22.1. The third-order valence-electron chi connectivity index (χ3n) is 8.00. The molecule has 5 aromatic rings. The molecule has 0 unspecified atom stereocenters. The summed E-state index contributed by atoms with van der Waals surface area (Å²) >= 11 is 0. The lowest BCUT2D eigenvalue weighted by Gasteiger charge is -2.13. The van der Waals surface area contributed by atoms with Gasteiger partial charge in [0.15, 0.2) is 0 Å². The van der Waals surface area contributed by atoms with E-state index >= 15 is 0 Å². The normalized spacial score (nSPS) is 13.6. The molecule has 0 bridgehead atoms. The number of nitrogens with zero attached hydrogens (tertiary/aromatic N) is 3. The maximum atomic E-state index is 13.6. The summed E-state index contributed by atoms with van der Waals surface area (Å²) in [4.78, 5) is 13.6. The van der Waals surface area contributed by atoms with Crippen molar-refractivity contribution in [3.63, 3.8) is 0 Å². The number of rotatable bonds is 7. The summed E-state index contributed by atoms with van der Waals surface area (Å²) in [5.41, 5.74) is 6.92. The van der Waals surface area contributed by atoms with Crippen molar-refractivity contribution in [1.82, 2.24) is 14.3 Å². The Bertz CT molecular complexity index is 1710. The van der Waals surface area contributed by atoms with Gasteiger partial charge in [0.1, 0.15) is 11.4 Å². The third-order valence-corrected chi connectivity index (χ3v) is 8.00. The van der Waals surface area contributed by atoms with Crippen LogP contribution in [-0.4, -0.2) is 40.1 Å². The molecule has 6 rings (SSSR count). The molecular formula is C34H37N3O4. The average molecular weight is 552 g/mol. The molecule has 0 fully saturated rings. The minimum atomic E-state index is -0.270. The molecule has 0 N–H and O–H groups in total. The van der Waals surface area contributed by atoms with Gasteiger partial charge in [-0.3, -0.25) is 4.68 Å². The Labute approximate surface area is 240 Å². The van der Waals surface area contributed by atoms with Gasteiger partial charge in [0.2, 0.25) is 0 Å². The third kappa shape index (κ3) is 5.10. The fraction of sp³-hybridized carbons (Fsp3) is 0.353. The molecule has 1 aliphatic heterocycles. The molecule has 1 aliphatic rings. The van der Waals surface area contributed by atoms with Crippen LogP contribution < -0.4 is 4.74 Å². The molecule has 0 saturated carbocycles. The smallest absolute Gasteiger partial charge is 0.355 e. The van der Waals surface area contributed by atoms with Crippen molar-refractivity contribution >= 4 is 27.6 Å². The van der Waals surface area contributed by atoms with Crippen molar-refractivity contribution in [2.45, 2.75) is 52.7 Å². The van der Waals surface area contributed by atoms with Gasteiger partial charge in [0, 0.05) is 42.1 Å². The fourth-order valence-corrected chi connectivity index (χ4v) is 6.21. The standard InChI is InChI=1S/C34H37N3O4/c1-4-40-34(38)33-27(17-11-21-41-30-18-9-13-24-12-5-6-14-25(24)30)26-15-10-16-28-31-23(2)35-36(3)29(31)22-39-20-8-7-19-37(33)32(26)28/h5-6,9-10,12-16,18H,4,7-8,11,17,19-22H2,1-3H3. The van der Waals surface area contributed by atoms with E-state index in [2.05, 4.69) is 41.0 Å². The maximum absolute atomic E-state index is 13.6. The zero-order valence-electron chi connectivity index (χ0n) is 24.1. The number of aromatic nitrogens is 3. The van der Waals surface area contributed by atoms with Crippen LogP contribution in [0.1, 0.15) is 53.6 Å². The molecule has 7 nitrogen and oxygen atoms in total. The first-order valence-corrected chi connectivity index (χ1v) is 14.6. The van der Waals surface area contributed by atoms with Crippen LogP contribution in [0, 0.1) is 6.92 Å². The molecule has 0 amide bonds. The van der Waals surface area contributed by atoms with Crippen molar-refractivity contribution in [3.8, 4) is 16.9 Å². The van der Waals surface area contributed by atoms with Crippen LogP contribution in [0.25, 0.3) is 32.8 Å². The molecule has 2 aromatic heterocycles. The molecule has 0 atom stereocenters. The highest BCUT2D eigenvalue weighted by Crippen LogP contribution is 2.39. The number of carbonyl (C=O) groups is 1. The zero-order chi connectivity index (χ0) is 28.3. The lowest BCUT2D eigenvalue weighted by molar-refractivity contribution is 0.0512. The second-order valence-corrected chi connectivity index (χ2v) is 10.6. The fourth-order valence-electron chi connectivity index (χ4n) is 6.21. The van der Waals surface area contributed by atoms with E-state index in [1.54, 1.807) is 0 Å². The number of aryl methyl sites for hydroxylation is 4. The van der Waals surface area contributed by atoms with Crippen LogP contribution >= 0.6 is 0 Å². The molecule has 0 aliphatic carbocycles. The molecule has 0 saturated heterocycles. The van der Waals surface area contributed by atoms with Gasteiger partial charge in [-0.2, -0.15) is 5.10 Å². The number of hydrogen-bond donors (Lipinski definition) is 0. The van der Waals surface area contributed by atoms with E-state index in [1.165, 1.54) is 0 Å². The molecule has 0 radical (unpaired) electrons. The highest BCUT2D eigenvalue weighted by molar-refractivity contribution is 6.05. The van der Waals surface area contributed by atoms with Crippen LogP contribution in [0.15, 0.2) is 60.7 Å². The van der Waals surface area contributed by atoms with Crippen molar-refractivity contribution in [2.24, 2.45) is 7.05 Å². The number of hydrogen-bond acceptors (Lipinski definition) is 5. The first-order valence-electron chi connectivity index (χ1n) is 14.6. The number of fused-ring (bicyclic) bond motifs is 3. The second-order valence-electron chi connectivity index (χ2n) is 10.6. The monoisotopic (exact) mass is 551 g/mol. The van der Waals surface area contributed by atoms with Gasteiger partial charge in [-0.1, -0.05) is 54.6 Å². The predicted molar refractivity (Wildman–Crippen MR) is 161 cm³/mol. The minimum absolute atomic E-state index is 0.270. The Morgan fingerprint density at radius 1 is 1.02 bits per heavy atom. The number of ether oxygens (including phenoxy) is 3. The second kappa shape index (κ2) is 11.8. The Kier molecular flexibility index (Phi) is 7.79. The van der Waals surface area contributed by atoms with E-state index in [-0.39, 0.29) is 5.97 Å². The topological polar surface area (TPSA) is 67.5 Å². The van der Waals surface area contributed by atoms with Crippen molar-refractivity contribution < 1.29 is 19.0 Å². The molecule has 3 heterocycles. The van der Waals surface area contributed by atoms with Gasteiger partial charge in [-0.25, -0.2) is 4.79 Å². The van der Waals surface area contributed by atoms with E-state index < -0.39 is 0 Å². The maximum Gasteiger partial charge on any atom is 0.355 e. The van der Waals surface area contributed by atoms with Gasteiger partial charge in [0.25, 0.3) is 0 Å². The van der Waals surface area contributed by atoms with Crippen LogP contribution in [0.3, 0.4) is 0 Å². The van der Waals surface area contributed by atoms with Gasteiger partial charge < -0.3 is 18.8 Å². The Balaban J connectivity index is 1.42.